The van der Waals surface area contributed by atoms with Crippen molar-refractivity contribution in [2.45, 2.75) is 27.2 Å². The SMILES string of the molecule is C=CC(=O)N1CCN(c2ccc(C(C)=O)cc2CC(C)C)CC1. The second-order valence-corrected chi connectivity index (χ2v) is 6.51. The van der Waals surface area contributed by atoms with Crippen molar-refractivity contribution in [2.75, 3.05) is 31.1 Å². The highest BCUT2D eigenvalue weighted by atomic mass is 16.2. The van der Waals surface area contributed by atoms with Crippen LogP contribution in [0.5, 0.6) is 0 Å². The fourth-order valence-corrected chi connectivity index (χ4v) is 3.01. The smallest absolute Gasteiger partial charge is 0.246 e. The Morgan fingerprint density at radius 3 is 2.39 bits per heavy atom. The van der Waals surface area contributed by atoms with Crippen LogP contribution in [0, 0.1) is 5.92 Å². The van der Waals surface area contributed by atoms with Crippen molar-refractivity contribution in [3.8, 4) is 0 Å². The van der Waals surface area contributed by atoms with Crippen LogP contribution in [0.15, 0.2) is 30.9 Å². The molecule has 2 rings (SSSR count). The van der Waals surface area contributed by atoms with Crippen molar-refractivity contribution in [1.29, 1.82) is 0 Å². The monoisotopic (exact) mass is 314 g/mol. The van der Waals surface area contributed by atoms with E-state index >= 15 is 0 Å². The average Bonchev–Trinajstić information content (AvgIpc) is 2.53. The molecule has 0 saturated carbocycles. The van der Waals surface area contributed by atoms with Crippen molar-refractivity contribution in [2.24, 2.45) is 5.92 Å². The summed E-state index contributed by atoms with van der Waals surface area (Å²) < 4.78 is 0. The number of hydrogen-bond donors (Lipinski definition) is 0. The molecular weight excluding hydrogens is 288 g/mol. The molecule has 1 fully saturated rings. The van der Waals surface area contributed by atoms with Crippen LogP contribution in [0.2, 0.25) is 0 Å². The molecule has 1 amide bonds. The Labute approximate surface area is 138 Å². The topological polar surface area (TPSA) is 40.6 Å². The first-order chi connectivity index (χ1) is 10.9. The summed E-state index contributed by atoms with van der Waals surface area (Å²) in [7, 11) is 0. The first-order valence-electron chi connectivity index (χ1n) is 8.22. The molecule has 0 spiro atoms. The van der Waals surface area contributed by atoms with Gasteiger partial charge < -0.3 is 9.80 Å². The van der Waals surface area contributed by atoms with Crippen LogP contribution in [0.3, 0.4) is 0 Å². The maximum Gasteiger partial charge on any atom is 0.246 e. The summed E-state index contributed by atoms with van der Waals surface area (Å²) in [5.41, 5.74) is 3.18. The quantitative estimate of drug-likeness (QED) is 0.620. The molecule has 4 nitrogen and oxygen atoms in total. The van der Waals surface area contributed by atoms with Gasteiger partial charge in [-0.3, -0.25) is 9.59 Å². The lowest BCUT2D eigenvalue weighted by Gasteiger charge is -2.37. The molecule has 1 heterocycles. The number of Topliss-reactive ketones (excluding diaryl/α,β-unsaturated/α-hetero) is 1. The minimum Gasteiger partial charge on any atom is -0.368 e. The number of hydrogen-bond acceptors (Lipinski definition) is 3. The van der Waals surface area contributed by atoms with Gasteiger partial charge in [-0.05, 0) is 49.1 Å². The van der Waals surface area contributed by atoms with Crippen molar-refractivity contribution in [3.63, 3.8) is 0 Å². The lowest BCUT2D eigenvalue weighted by Crippen LogP contribution is -2.48. The summed E-state index contributed by atoms with van der Waals surface area (Å²) in [6.45, 7) is 12.6. The zero-order chi connectivity index (χ0) is 17.0. The van der Waals surface area contributed by atoms with Crippen LogP contribution in [0.4, 0.5) is 5.69 Å². The third-order valence-electron chi connectivity index (χ3n) is 4.22. The molecule has 0 unspecified atom stereocenters. The molecule has 1 aliphatic heterocycles. The van der Waals surface area contributed by atoms with Gasteiger partial charge in [0.15, 0.2) is 5.78 Å². The van der Waals surface area contributed by atoms with Gasteiger partial charge in [0.1, 0.15) is 0 Å². The number of carbonyl (C=O) groups excluding carboxylic acids is 2. The van der Waals surface area contributed by atoms with Gasteiger partial charge in [-0.1, -0.05) is 20.4 Å². The zero-order valence-electron chi connectivity index (χ0n) is 14.3. The highest BCUT2D eigenvalue weighted by Gasteiger charge is 2.21. The summed E-state index contributed by atoms with van der Waals surface area (Å²) in [6.07, 6.45) is 2.32. The predicted octanol–water partition coefficient (Wildman–Crippen LogP) is 2.92. The van der Waals surface area contributed by atoms with Gasteiger partial charge in [-0.25, -0.2) is 0 Å². The third-order valence-corrected chi connectivity index (χ3v) is 4.22. The van der Waals surface area contributed by atoms with Crippen molar-refractivity contribution < 1.29 is 9.59 Å². The van der Waals surface area contributed by atoms with E-state index in [2.05, 4.69) is 31.4 Å². The number of carbonyl (C=O) groups is 2. The van der Waals surface area contributed by atoms with Crippen molar-refractivity contribution in [1.82, 2.24) is 4.90 Å². The van der Waals surface area contributed by atoms with E-state index in [1.807, 2.05) is 17.0 Å². The second kappa shape index (κ2) is 7.44. The molecule has 0 N–H and O–H groups in total. The molecule has 0 aliphatic carbocycles. The Morgan fingerprint density at radius 2 is 1.87 bits per heavy atom. The number of ketones is 1. The molecule has 0 radical (unpaired) electrons. The first kappa shape index (κ1) is 17.3. The van der Waals surface area contributed by atoms with E-state index in [4.69, 9.17) is 0 Å². The molecule has 124 valence electrons. The van der Waals surface area contributed by atoms with E-state index in [0.717, 1.165) is 25.1 Å². The molecule has 0 aromatic heterocycles. The largest absolute Gasteiger partial charge is 0.368 e. The van der Waals surface area contributed by atoms with Crippen molar-refractivity contribution >= 4 is 17.4 Å². The normalized spacial score (nSPS) is 15.0. The molecule has 1 aromatic rings. The van der Waals surface area contributed by atoms with Gasteiger partial charge in [0, 0.05) is 37.4 Å². The summed E-state index contributed by atoms with van der Waals surface area (Å²) in [5, 5.41) is 0. The van der Waals surface area contributed by atoms with Crippen LogP contribution in [-0.4, -0.2) is 42.8 Å². The van der Waals surface area contributed by atoms with Crippen LogP contribution in [0.1, 0.15) is 36.7 Å². The summed E-state index contributed by atoms with van der Waals surface area (Å²) >= 11 is 0. The van der Waals surface area contributed by atoms with Gasteiger partial charge >= 0.3 is 0 Å². The molecule has 1 aromatic carbocycles. The number of rotatable bonds is 5. The van der Waals surface area contributed by atoms with E-state index in [1.165, 1.54) is 17.3 Å². The number of piperazine rings is 1. The summed E-state index contributed by atoms with van der Waals surface area (Å²) in [4.78, 5) is 27.5. The van der Waals surface area contributed by atoms with E-state index in [0.29, 0.717) is 19.0 Å². The number of benzene rings is 1. The Kier molecular flexibility index (Phi) is 5.59. The average molecular weight is 314 g/mol. The minimum atomic E-state index is -0.000943. The van der Waals surface area contributed by atoms with Gasteiger partial charge in [0.25, 0.3) is 0 Å². The molecule has 0 atom stereocenters. The zero-order valence-corrected chi connectivity index (χ0v) is 14.3. The van der Waals surface area contributed by atoms with Gasteiger partial charge in [0.05, 0.1) is 0 Å². The first-order valence-corrected chi connectivity index (χ1v) is 8.22. The second-order valence-electron chi connectivity index (χ2n) is 6.51. The molecule has 1 saturated heterocycles. The van der Waals surface area contributed by atoms with Crippen molar-refractivity contribution in [3.05, 3.63) is 42.0 Å². The van der Waals surface area contributed by atoms with E-state index in [9.17, 15) is 9.59 Å². The Morgan fingerprint density at radius 1 is 1.22 bits per heavy atom. The summed E-state index contributed by atoms with van der Waals surface area (Å²) in [5.74, 6) is 0.626. The summed E-state index contributed by atoms with van der Waals surface area (Å²) in [6, 6.07) is 5.99. The molecule has 1 aliphatic rings. The fraction of sp³-hybridized carbons (Fsp3) is 0.474. The molecule has 0 bridgehead atoms. The number of amides is 1. The molecular formula is C19H26N2O2. The maximum atomic E-state index is 11.7. The highest BCUT2D eigenvalue weighted by molar-refractivity contribution is 5.94. The van der Waals surface area contributed by atoms with Crippen LogP contribution in [0.25, 0.3) is 0 Å². The Hall–Kier alpha value is -2.10. The standard InChI is InChI=1S/C19H26N2O2/c1-5-19(23)21-10-8-20(9-11-21)18-7-6-16(15(4)22)13-17(18)12-14(2)3/h5-7,13-14H,1,8-12H2,2-4H3. The minimum absolute atomic E-state index is 0.000943. The molecule has 23 heavy (non-hydrogen) atoms. The number of anilines is 1. The predicted molar refractivity (Wildman–Crippen MR) is 94.0 cm³/mol. The van der Waals surface area contributed by atoms with E-state index in [1.54, 1.807) is 6.92 Å². The van der Waals surface area contributed by atoms with Crippen LogP contribution >= 0.6 is 0 Å². The van der Waals surface area contributed by atoms with Gasteiger partial charge in [-0.15, -0.1) is 0 Å². The number of nitrogens with zero attached hydrogens (tertiary/aromatic N) is 2. The highest BCUT2D eigenvalue weighted by Crippen LogP contribution is 2.26. The Bertz CT molecular complexity index is 599. The molecule has 4 heteroatoms. The van der Waals surface area contributed by atoms with E-state index in [-0.39, 0.29) is 11.7 Å². The fourth-order valence-electron chi connectivity index (χ4n) is 3.01. The van der Waals surface area contributed by atoms with Gasteiger partial charge in [0.2, 0.25) is 5.91 Å². The maximum absolute atomic E-state index is 11.7. The van der Waals surface area contributed by atoms with Crippen LogP contribution in [-0.2, 0) is 11.2 Å². The third kappa shape index (κ3) is 4.21. The van der Waals surface area contributed by atoms with E-state index < -0.39 is 0 Å². The van der Waals surface area contributed by atoms with Gasteiger partial charge in [-0.2, -0.15) is 0 Å². The Balaban J connectivity index is 2.20. The lowest BCUT2D eigenvalue weighted by molar-refractivity contribution is -0.126. The van der Waals surface area contributed by atoms with Crippen LogP contribution < -0.4 is 4.90 Å². The lowest BCUT2D eigenvalue weighted by atomic mass is 9.97.